The summed E-state index contributed by atoms with van der Waals surface area (Å²) >= 11 is 3.33. The van der Waals surface area contributed by atoms with Gasteiger partial charge in [-0.2, -0.15) is 0 Å². The van der Waals surface area contributed by atoms with Crippen LogP contribution in [0.4, 0.5) is 4.79 Å². The first-order chi connectivity index (χ1) is 7.84. The fourth-order valence-electron chi connectivity index (χ4n) is 1.28. The number of cyclic esters (lactones) is 1. The number of hydrogen-bond donors (Lipinski definition) is 0. The molecule has 5 nitrogen and oxygen atoms in total. The Kier molecular flexibility index (Phi) is 7.54. The number of ether oxygens (including phenoxy) is 3. The number of nitrogens with zero attached hydrogens (tertiary/aromatic N) is 1. The van der Waals surface area contributed by atoms with Gasteiger partial charge in [-0.15, -0.1) is 0 Å². The zero-order valence-electron chi connectivity index (χ0n) is 9.32. The Morgan fingerprint density at radius 2 is 2.00 bits per heavy atom. The molecule has 1 heterocycles. The zero-order chi connectivity index (χ0) is 11.6. The fraction of sp³-hybridized carbons (Fsp3) is 0.900. The summed E-state index contributed by atoms with van der Waals surface area (Å²) in [6.07, 6.45) is 0.775. The van der Waals surface area contributed by atoms with E-state index >= 15 is 0 Å². The molecule has 1 rings (SSSR count). The van der Waals surface area contributed by atoms with Gasteiger partial charge in [0.1, 0.15) is 6.61 Å². The highest BCUT2D eigenvalue weighted by atomic mass is 79.9. The highest BCUT2D eigenvalue weighted by Crippen LogP contribution is 2.01. The van der Waals surface area contributed by atoms with Crippen LogP contribution >= 0.6 is 15.9 Å². The van der Waals surface area contributed by atoms with Crippen LogP contribution in [0.15, 0.2) is 0 Å². The summed E-state index contributed by atoms with van der Waals surface area (Å²) < 4.78 is 15.4. The molecule has 1 fully saturated rings. The zero-order valence-corrected chi connectivity index (χ0v) is 10.9. The highest BCUT2D eigenvalue weighted by Gasteiger charge is 2.20. The molecule has 0 aliphatic carbocycles. The van der Waals surface area contributed by atoms with Crippen molar-refractivity contribution in [1.82, 2.24) is 4.90 Å². The second-order valence-corrected chi connectivity index (χ2v) is 4.16. The highest BCUT2D eigenvalue weighted by molar-refractivity contribution is 9.09. The van der Waals surface area contributed by atoms with E-state index in [2.05, 4.69) is 15.9 Å². The van der Waals surface area contributed by atoms with Crippen molar-refractivity contribution in [3.63, 3.8) is 0 Å². The molecule has 0 saturated carbocycles. The lowest BCUT2D eigenvalue weighted by Gasteiger charge is -2.12. The van der Waals surface area contributed by atoms with Crippen molar-refractivity contribution < 1.29 is 19.0 Å². The molecule has 16 heavy (non-hydrogen) atoms. The predicted molar refractivity (Wildman–Crippen MR) is 63.0 cm³/mol. The van der Waals surface area contributed by atoms with Crippen LogP contribution in [0.25, 0.3) is 0 Å². The lowest BCUT2D eigenvalue weighted by atomic mass is 10.5. The van der Waals surface area contributed by atoms with Crippen molar-refractivity contribution in [1.29, 1.82) is 0 Å². The van der Waals surface area contributed by atoms with Gasteiger partial charge in [0.2, 0.25) is 0 Å². The number of carbonyl (C=O) groups is 1. The van der Waals surface area contributed by atoms with E-state index in [1.807, 2.05) is 0 Å². The van der Waals surface area contributed by atoms with E-state index in [1.54, 1.807) is 4.90 Å². The lowest BCUT2D eigenvalue weighted by Crippen LogP contribution is -2.28. The summed E-state index contributed by atoms with van der Waals surface area (Å²) in [5, 5.41) is 0.963. The third kappa shape index (κ3) is 5.67. The Balaban J connectivity index is 1.83. The topological polar surface area (TPSA) is 48.0 Å². The van der Waals surface area contributed by atoms with E-state index in [-0.39, 0.29) is 6.09 Å². The Morgan fingerprint density at radius 1 is 1.25 bits per heavy atom. The van der Waals surface area contributed by atoms with Gasteiger partial charge in [-0.3, -0.25) is 0 Å². The van der Waals surface area contributed by atoms with Gasteiger partial charge in [0, 0.05) is 18.5 Å². The molecular weight excluding hydrogens is 278 g/mol. The quantitative estimate of drug-likeness (QED) is 0.475. The van der Waals surface area contributed by atoms with E-state index in [0.717, 1.165) is 18.4 Å². The SMILES string of the molecule is O=C1OCCN1CCOCCOCCCBr. The Labute approximate surface area is 104 Å². The van der Waals surface area contributed by atoms with Crippen molar-refractivity contribution in [2.45, 2.75) is 6.42 Å². The summed E-state index contributed by atoms with van der Waals surface area (Å²) in [5.74, 6) is 0. The monoisotopic (exact) mass is 295 g/mol. The van der Waals surface area contributed by atoms with Crippen LogP contribution in [-0.4, -0.2) is 62.4 Å². The summed E-state index contributed by atoms with van der Waals surface area (Å²) in [6.45, 7) is 4.24. The molecular formula is C10H18BrNO4. The molecule has 0 aromatic heterocycles. The van der Waals surface area contributed by atoms with Crippen molar-refractivity contribution in [2.75, 3.05) is 51.5 Å². The minimum Gasteiger partial charge on any atom is -0.448 e. The van der Waals surface area contributed by atoms with E-state index in [4.69, 9.17) is 14.2 Å². The van der Waals surface area contributed by atoms with E-state index < -0.39 is 0 Å². The van der Waals surface area contributed by atoms with Crippen LogP contribution in [0.5, 0.6) is 0 Å². The Bertz CT molecular complexity index is 203. The van der Waals surface area contributed by atoms with E-state index in [0.29, 0.717) is 39.5 Å². The smallest absolute Gasteiger partial charge is 0.410 e. The van der Waals surface area contributed by atoms with Gasteiger partial charge in [0.15, 0.2) is 0 Å². The summed E-state index contributed by atoms with van der Waals surface area (Å²) in [7, 11) is 0. The molecule has 0 aromatic rings. The van der Waals surface area contributed by atoms with E-state index in [1.165, 1.54) is 0 Å². The maximum Gasteiger partial charge on any atom is 0.410 e. The summed E-state index contributed by atoms with van der Waals surface area (Å²) in [6, 6.07) is 0. The molecule has 0 spiro atoms. The molecule has 0 radical (unpaired) electrons. The molecule has 6 heteroatoms. The van der Waals surface area contributed by atoms with Crippen LogP contribution in [0.2, 0.25) is 0 Å². The van der Waals surface area contributed by atoms with Gasteiger partial charge in [0.25, 0.3) is 0 Å². The van der Waals surface area contributed by atoms with Gasteiger partial charge in [-0.25, -0.2) is 4.79 Å². The number of halogens is 1. The van der Waals surface area contributed by atoms with Crippen molar-refractivity contribution >= 4 is 22.0 Å². The molecule has 0 atom stereocenters. The number of alkyl halides is 1. The standard InChI is InChI=1S/C10H18BrNO4/c11-2-1-5-14-8-9-15-6-3-12-4-7-16-10(12)13/h1-9H2. The third-order valence-corrected chi connectivity index (χ3v) is 2.71. The molecule has 1 aliphatic heterocycles. The average molecular weight is 296 g/mol. The minimum atomic E-state index is -0.239. The largest absolute Gasteiger partial charge is 0.448 e. The average Bonchev–Trinajstić information content (AvgIpc) is 2.68. The van der Waals surface area contributed by atoms with Crippen LogP contribution in [0, 0.1) is 0 Å². The van der Waals surface area contributed by atoms with Crippen LogP contribution < -0.4 is 0 Å². The molecule has 0 aromatic carbocycles. The maximum absolute atomic E-state index is 11.0. The summed E-state index contributed by atoms with van der Waals surface area (Å²) in [4.78, 5) is 12.7. The number of hydrogen-bond acceptors (Lipinski definition) is 4. The normalized spacial score (nSPS) is 15.6. The molecule has 1 saturated heterocycles. The number of amides is 1. The second kappa shape index (κ2) is 8.78. The van der Waals surface area contributed by atoms with Gasteiger partial charge in [0.05, 0.1) is 26.4 Å². The fourth-order valence-corrected chi connectivity index (χ4v) is 1.51. The van der Waals surface area contributed by atoms with Crippen LogP contribution in [0.3, 0.4) is 0 Å². The molecule has 0 bridgehead atoms. The third-order valence-electron chi connectivity index (χ3n) is 2.14. The molecule has 94 valence electrons. The molecule has 0 unspecified atom stereocenters. The molecule has 1 amide bonds. The number of carbonyl (C=O) groups excluding carboxylic acids is 1. The van der Waals surface area contributed by atoms with Crippen LogP contribution in [-0.2, 0) is 14.2 Å². The van der Waals surface area contributed by atoms with Gasteiger partial charge < -0.3 is 19.1 Å². The van der Waals surface area contributed by atoms with Crippen molar-refractivity contribution in [3.8, 4) is 0 Å². The van der Waals surface area contributed by atoms with Crippen molar-refractivity contribution in [2.24, 2.45) is 0 Å². The Morgan fingerprint density at radius 3 is 2.62 bits per heavy atom. The first kappa shape index (κ1) is 13.7. The summed E-state index contributed by atoms with van der Waals surface area (Å²) in [5.41, 5.74) is 0. The second-order valence-electron chi connectivity index (χ2n) is 3.37. The minimum absolute atomic E-state index is 0.239. The van der Waals surface area contributed by atoms with Gasteiger partial charge in [-0.05, 0) is 6.42 Å². The lowest BCUT2D eigenvalue weighted by molar-refractivity contribution is 0.0428. The first-order valence-electron chi connectivity index (χ1n) is 5.47. The van der Waals surface area contributed by atoms with Crippen molar-refractivity contribution in [3.05, 3.63) is 0 Å². The molecule has 0 N–H and O–H groups in total. The van der Waals surface area contributed by atoms with Gasteiger partial charge in [-0.1, -0.05) is 15.9 Å². The predicted octanol–water partition coefficient (Wildman–Crippen LogP) is 1.26. The first-order valence-corrected chi connectivity index (χ1v) is 6.60. The Hall–Kier alpha value is -0.330. The van der Waals surface area contributed by atoms with E-state index in [9.17, 15) is 4.79 Å². The molecule has 1 aliphatic rings. The maximum atomic E-state index is 11.0. The van der Waals surface area contributed by atoms with Crippen LogP contribution in [0.1, 0.15) is 6.42 Å². The van der Waals surface area contributed by atoms with Gasteiger partial charge >= 0.3 is 6.09 Å². The number of rotatable bonds is 9.